The fraction of sp³-hybridized carbons (Fsp3) is 0.467. The molecule has 1 saturated carbocycles. The van der Waals surface area contributed by atoms with E-state index in [1.165, 1.54) is 7.11 Å². The number of aliphatic hydroxyl groups excluding tert-OH is 1. The van der Waals surface area contributed by atoms with Crippen molar-refractivity contribution in [1.29, 1.82) is 0 Å². The van der Waals surface area contributed by atoms with E-state index < -0.39 is 17.7 Å². The maximum absolute atomic E-state index is 13.5. The second kappa shape index (κ2) is 10.4. The maximum Gasteiger partial charge on any atom is 0.295 e. The summed E-state index contributed by atoms with van der Waals surface area (Å²) in [5.41, 5.74) is 2.12. The standard InChI is InChI=1S/C30H37NO5/c1-6-36-22-15-12-19(13-16-22)26-25(28(33)29(34)31(26)21-10-8-7-9-11-21)27(32)23-18-20(30(2,3)4)14-17-24(23)35-5/h12-18,21,26,32H,6-11H2,1-5H3/b27-25+. The molecule has 2 fully saturated rings. The number of benzene rings is 2. The summed E-state index contributed by atoms with van der Waals surface area (Å²) in [5, 5.41) is 11.7. The van der Waals surface area contributed by atoms with Crippen LogP contribution in [0.25, 0.3) is 5.76 Å². The molecule has 0 bridgehead atoms. The quantitative estimate of drug-likeness (QED) is 0.298. The Kier molecular flexibility index (Phi) is 7.43. The SMILES string of the molecule is CCOc1ccc(C2/C(=C(\O)c3cc(C(C)(C)C)ccc3OC)C(=O)C(=O)N2C2CCCCC2)cc1. The molecule has 1 unspecified atom stereocenters. The van der Waals surface area contributed by atoms with E-state index in [1.54, 1.807) is 11.0 Å². The number of rotatable bonds is 6. The Hall–Kier alpha value is -3.28. The van der Waals surface area contributed by atoms with Crippen LogP contribution in [0.4, 0.5) is 0 Å². The van der Waals surface area contributed by atoms with Gasteiger partial charge in [-0.3, -0.25) is 9.59 Å². The van der Waals surface area contributed by atoms with Crippen molar-refractivity contribution in [2.24, 2.45) is 0 Å². The van der Waals surface area contributed by atoms with Crippen molar-refractivity contribution in [2.45, 2.75) is 77.3 Å². The van der Waals surface area contributed by atoms with E-state index in [0.717, 1.165) is 49.0 Å². The molecule has 2 aliphatic rings. The molecule has 6 heteroatoms. The third-order valence-electron chi connectivity index (χ3n) is 7.28. The highest BCUT2D eigenvalue weighted by Gasteiger charge is 2.49. The van der Waals surface area contributed by atoms with Gasteiger partial charge in [-0.25, -0.2) is 0 Å². The van der Waals surface area contributed by atoms with Gasteiger partial charge in [-0.2, -0.15) is 0 Å². The van der Waals surface area contributed by atoms with Crippen molar-refractivity contribution in [3.63, 3.8) is 0 Å². The van der Waals surface area contributed by atoms with E-state index in [0.29, 0.717) is 17.9 Å². The highest BCUT2D eigenvalue weighted by Crippen LogP contribution is 2.44. The molecule has 1 amide bonds. The van der Waals surface area contributed by atoms with Crippen molar-refractivity contribution in [1.82, 2.24) is 4.90 Å². The largest absolute Gasteiger partial charge is 0.507 e. The number of methoxy groups -OCH3 is 1. The topological polar surface area (TPSA) is 76.1 Å². The van der Waals surface area contributed by atoms with Gasteiger partial charge in [-0.15, -0.1) is 0 Å². The van der Waals surface area contributed by atoms with E-state index in [2.05, 4.69) is 20.8 Å². The summed E-state index contributed by atoms with van der Waals surface area (Å²) in [7, 11) is 1.54. The lowest BCUT2D eigenvalue weighted by Gasteiger charge is -2.35. The van der Waals surface area contributed by atoms with Crippen molar-refractivity contribution >= 4 is 17.4 Å². The van der Waals surface area contributed by atoms with Gasteiger partial charge in [0.2, 0.25) is 0 Å². The van der Waals surface area contributed by atoms with Crippen molar-refractivity contribution in [3.8, 4) is 11.5 Å². The van der Waals surface area contributed by atoms with Gasteiger partial charge in [-0.05, 0) is 60.6 Å². The summed E-state index contributed by atoms with van der Waals surface area (Å²) >= 11 is 0. The summed E-state index contributed by atoms with van der Waals surface area (Å²) < 4.78 is 11.2. The average Bonchev–Trinajstić information content (AvgIpc) is 3.14. The third-order valence-corrected chi connectivity index (χ3v) is 7.28. The van der Waals surface area contributed by atoms with E-state index in [4.69, 9.17) is 9.47 Å². The molecule has 0 aromatic heterocycles. The lowest BCUT2D eigenvalue weighted by atomic mass is 9.85. The van der Waals surface area contributed by atoms with E-state index in [-0.39, 0.29) is 22.8 Å². The van der Waals surface area contributed by atoms with Gasteiger partial charge in [-0.1, -0.05) is 58.2 Å². The number of Topliss-reactive ketones (excluding diaryl/α,β-unsaturated/α-hetero) is 1. The molecule has 6 nitrogen and oxygen atoms in total. The summed E-state index contributed by atoms with van der Waals surface area (Å²) in [6.45, 7) is 8.72. The Morgan fingerprint density at radius 3 is 2.28 bits per heavy atom. The van der Waals surface area contributed by atoms with Crippen LogP contribution in [0, 0.1) is 0 Å². The summed E-state index contributed by atoms with van der Waals surface area (Å²) in [5.74, 6) is -0.229. The van der Waals surface area contributed by atoms with Gasteiger partial charge in [0.25, 0.3) is 11.7 Å². The molecule has 2 aromatic carbocycles. The summed E-state index contributed by atoms with van der Waals surface area (Å²) in [6.07, 6.45) is 4.87. The van der Waals surface area contributed by atoms with E-state index in [1.807, 2.05) is 43.3 Å². The van der Waals surface area contributed by atoms with Crippen LogP contribution in [-0.4, -0.2) is 41.5 Å². The first kappa shape index (κ1) is 25.8. The Bertz CT molecular complexity index is 1150. The zero-order valence-corrected chi connectivity index (χ0v) is 22.0. The number of carbonyl (C=O) groups is 2. The second-order valence-electron chi connectivity index (χ2n) is 10.7. The first-order chi connectivity index (χ1) is 17.2. The van der Waals surface area contributed by atoms with Crippen LogP contribution in [0.1, 0.15) is 82.5 Å². The zero-order chi connectivity index (χ0) is 26.0. The number of ketones is 1. The molecule has 1 aliphatic heterocycles. The lowest BCUT2D eigenvalue weighted by molar-refractivity contribution is -0.141. The van der Waals surface area contributed by atoms with Crippen molar-refractivity contribution < 1.29 is 24.2 Å². The third kappa shape index (κ3) is 4.86. The lowest BCUT2D eigenvalue weighted by Crippen LogP contribution is -2.40. The first-order valence-electron chi connectivity index (χ1n) is 12.9. The van der Waals surface area contributed by atoms with Crippen LogP contribution in [0.3, 0.4) is 0 Å². The smallest absolute Gasteiger partial charge is 0.295 e. The fourth-order valence-corrected chi connectivity index (χ4v) is 5.33. The highest BCUT2D eigenvalue weighted by atomic mass is 16.5. The number of ether oxygens (including phenoxy) is 2. The van der Waals surface area contributed by atoms with Crippen LogP contribution >= 0.6 is 0 Å². The number of aliphatic hydroxyl groups is 1. The Balaban J connectivity index is 1.90. The second-order valence-corrected chi connectivity index (χ2v) is 10.7. The molecule has 1 saturated heterocycles. The average molecular weight is 492 g/mol. The van der Waals surface area contributed by atoms with Crippen molar-refractivity contribution in [2.75, 3.05) is 13.7 Å². The first-order valence-corrected chi connectivity index (χ1v) is 12.9. The molecule has 192 valence electrons. The number of nitrogens with zero attached hydrogens (tertiary/aromatic N) is 1. The van der Waals surface area contributed by atoms with Crippen LogP contribution in [0.5, 0.6) is 11.5 Å². The molecule has 4 rings (SSSR count). The van der Waals surface area contributed by atoms with E-state index >= 15 is 0 Å². The predicted molar refractivity (Wildman–Crippen MR) is 140 cm³/mol. The Morgan fingerprint density at radius 2 is 1.69 bits per heavy atom. The van der Waals surface area contributed by atoms with Crippen LogP contribution in [0.15, 0.2) is 48.0 Å². The Morgan fingerprint density at radius 1 is 1.03 bits per heavy atom. The molecule has 36 heavy (non-hydrogen) atoms. The molecule has 1 heterocycles. The number of likely N-dealkylation sites (tertiary alicyclic amines) is 1. The van der Waals surface area contributed by atoms with Gasteiger partial charge < -0.3 is 19.5 Å². The predicted octanol–water partition coefficient (Wildman–Crippen LogP) is 6.15. The summed E-state index contributed by atoms with van der Waals surface area (Å²) in [6, 6.07) is 12.4. The minimum absolute atomic E-state index is 0.0418. The van der Waals surface area contributed by atoms with Crippen LogP contribution in [-0.2, 0) is 15.0 Å². The fourth-order valence-electron chi connectivity index (χ4n) is 5.33. The number of hydrogen-bond acceptors (Lipinski definition) is 5. The molecule has 2 aromatic rings. The highest BCUT2D eigenvalue weighted by molar-refractivity contribution is 6.46. The summed E-state index contributed by atoms with van der Waals surface area (Å²) in [4.78, 5) is 28.7. The molecular weight excluding hydrogens is 454 g/mol. The molecule has 1 N–H and O–H groups in total. The zero-order valence-electron chi connectivity index (χ0n) is 22.0. The monoisotopic (exact) mass is 491 g/mol. The number of amides is 1. The van der Waals surface area contributed by atoms with Crippen LogP contribution in [0.2, 0.25) is 0 Å². The van der Waals surface area contributed by atoms with Gasteiger partial charge in [0, 0.05) is 6.04 Å². The minimum atomic E-state index is -0.674. The normalized spacial score (nSPS) is 20.6. The molecule has 0 spiro atoms. The molecule has 0 radical (unpaired) electrons. The number of carbonyl (C=O) groups excluding carboxylic acids is 2. The Labute approximate surface area is 213 Å². The van der Waals surface area contributed by atoms with E-state index in [9.17, 15) is 14.7 Å². The molecule has 1 aliphatic carbocycles. The van der Waals surface area contributed by atoms with Gasteiger partial charge >= 0.3 is 0 Å². The maximum atomic E-state index is 13.5. The van der Waals surface area contributed by atoms with Gasteiger partial charge in [0.05, 0.1) is 30.9 Å². The molecule has 1 atom stereocenters. The van der Waals surface area contributed by atoms with Crippen LogP contribution < -0.4 is 9.47 Å². The number of hydrogen-bond donors (Lipinski definition) is 1. The van der Waals surface area contributed by atoms with Gasteiger partial charge in [0.15, 0.2) is 0 Å². The van der Waals surface area contributed by atoms with Gasteiger partial charge in [0.1, 0.15) is 17.3 Å². The minimum Gasteiger partial charge on any atom is -0.507 e. The van der Waals surface area contributed by atoms with Crippen molar-refractivity contribution in [3.05, 3.63) is 64.7 Å². The molecular formula is C30H37NO5.